The number of halogens is 1. The molecule has 1 fully saturated rings. The lowest BCUT2D eigenvalue weighted by atomic mass is 9.95. The molecular weight excluding hydrogens is 426 g/mol. The summed E-state index contributed by atoms with van der Waals surface area (Å²) in [4.78, 5) is 27.6. The van der Waals surface area contributed by atoms with Crippen LogP contribution in [0.15, 0.2) is 84.4 Å². The molecule has 32 heavy (non-hydrogen) atoms. The summed E-state index contributed by atoms with van der Waals surface area (Å²) in [6.45, 7) is 2.64. The van der Waals surface area contributed by atoms with E-state index in [1.165, 1.54) is 4.90 Å². The van der Waals surface area contributed by atoms with E-state index in [1.54, 1.807) is 48.5 Å². The number of aliphatic hydroxyl groups excluding tert-OH is 1. The molecule has 162 valence electrons. The number of ether oxygens (including phenoxy) is 1. The summed E-state index contributed by atoms with van der Waals surface area (Å²) in [5.41, 5.74) is 2.06. The highest BCUT2D eigenvalue weighted by Gasteiger charge is 2.46. The lowest BCUT2D eigenvalue weighted by Gasteiger charge is -2.25. The number of nitrogens with zero attached hydrogens (tertiary/aromatic N) is 1. The third kappa shape index (κ3) is 4.25. The third-order valence-corrected chi connectivity index (χ3v) is 5.61. The van der Waals surface area contributed by atoms with Crippen LogP contribution < -0.4 is 4.74 Å². The molecule has 0 saturated carbocycles. The van der Waals surface area contributed by atoms with E-state index in [9.17, 15) is 14.7 Å². The highest BCUT2D eigenvalue weighted by atomic mass is 35.5. The van der Waals surface area contributed by atoms with Crippen LogP contribution in [-0.2, 0) is 16.1 Å². The zero-order valence-corrected chi connectivity index (χ0v) is 18.3. The van der Waals surface area contributed by atoms with E-state index in [2.05, 4.69) is 0 Å². The molecule has 0 aromatic heterocycles. The number of likely N-dealkylation sites (tertiary alicyclic amines) is 1. The van der Waals surface area contributed by atoms with Crippen LogP contribution in [0.3, 0.4) is 0 Å². The summed E-state index contributed by atoms with van der Waals surface area (Å²) in [6, 6.07) is 22.4. The van der Waals surface area contributed by atoms with E-state index in [4.69, 9.17) is 16.3 Å². The molecule has 3 aromatic carbocycles. The fourth-order valence-corrected chi connectivity index (χ4v) is 3.97. The number of carbonyl (C=O) groups is 2. The van der Waals surface area contributed by atoms with E-state index in [-0.39, 0.29) is 17.9 Å². The Morgan fingerprint density at radius 2 is 1.62 bits per heavy atom. The molecule has 0 aliphatic carbocycles. The highest BCUT2D eigenvalue weighted by Crippen LogP contribution is 2.40. The Labute approximate surface area is 191 Å². The Hall–Kier alpha value is -3.57. The van der Waals surface area contributed by atoms with Gasteiger partial charge in [-0.1, -0.05) is 54.1 Å². The molecule has 3 aromatic rings. The van der Waals surface area contributed by atoms with Gasteiger partial charge in [-0.25, -0.2) is 0 Å². The molecule has 0 bridgehead atoms. The van der Waals surface area contributed by atoms with E-state index in [0.717, 1.165) is 5.56 Å². The van der Waals surface area contributed by atoms with Crippen molar-refractivity contribution in [3.63, 3.8) is 0 Å². The molecule has 1 unspecified atom stereocenters. The molecule has 0 radical (unpaired) electrons. The molecular formula is C26H22ClNO4. The first-order valence-electron chi connectivity index (χ1n) is 10.3. The average Bonchev–Trinajstić information content (AvgIpc) is 3.05. The summed E-state index contributed by atoms with van der Waals surface area (Å²) >= 11 is 6.06. The number of aliphatic hydroxyl groups is 1. The van der Waals surface area contributed by atoms with Gasteiger partial charge >= 0.3 is 0 Å². The average molecular weight is 448 g/mol. The van der Waals surface area contributed by atoms with Crippen molar-refractivity contribution in [2.24, 2.45) is 0 Å². The number of Topliss-reactive ketones (excluding diaryl/α,β-unsaturated/α-hetero) is 1. The molecule has 1 heterocycles. The second-order valence-electron chi connectivity index (χ2n) is 7.42. The van der Waals surface area contributed by atoms with Crippen molar-refractivity contribution in [1.29, 1.82) is 0 Å². The van der Waals surface area contributed by atoms with Crippen molar-refractivity contribution in [3.8, 4) is 5.75 Å². The number of carbonyl (C=O) groups excluding carboxylic acids is 2. The Morgan fingerprint density at radius 3 is 2.25 bits per heavy atom. The first-order chi connectivity index (χ1) is 15.5. The van der Waals surface area contributed by atoms with Gasteiger partial charge in [-0.05, 0) is 54.4 Å². The van der Waals surface area contributed by atoms with E-state index < -0.39 is 17.7 Å². The first kappa shape index (κ1) is 21.7. The van der Waals surface area contributed by atoms with Gasteiger partial charge in [0, 0.05) is 17.1 Å². The summed E-state index contributed by atoms with van der Waals surface area (Å²) in [7, 11) is 0. The zero-order valence-electron chi connectivity index (χ0n) is 17.5. The smallest absolute Gasteiger partial charge is 0.295 e. The van der Waals surface area contributed by atoms with E-state index >= 15 is 0 Å². The second kappa shape index (κ2) is 9.28. The maximum Gasteiger partial charge on any atom is 0.295 e. The largest absolute Gasteiger partial charge is 0.507 e. The summed E-state index contributed by atoms with van der Waals surface area (Å²) in [5.74, 6) is -0.932. The maximum absolute atomic E-state index is 13.1. The summed E-state index contributed by atoms with van der Waals surface area (Å²) < 4.78 is 5.45. The molecule has 1 amide bonds. The topological polar surface area (TPSA) is 66.8 Å². The molecule has 1 aliphatic rings. The number of hydrogen-bond donors (Lipinski definition) is 1. The van der Waals surface area contributed by atoms with E-state index in [0.29, 0.717) is 28.5 Å². The number of hydrogen-bond acceptors (Lipinski definition) is 4. The molecule has 6 heteroatoms. The minimum absolute atomic E-state index is 0.0532. The van der Waals surface area contributed by atoms with Gasteiger partial charge in [0.15, 0.2) is 0 Å². The van der Waals surface area contributed by atoms with Crippen molar-refractivity contribution >= 4 is 29.1 Å². The van der Waals surface area contributed by atoms with Gasteiger partial charge in [0.2, 0.25) is 0 Å². The lowest BCUT2D eigenvalue weighted by molar-refractivity contribution is -0.140. The van der Waals surface area contributed by atoms with Crippen LogP contribution >= 0.6 is 11.6 Å². The van der Waals surface area contributed by atoms with Crippen LogP contribution in [0.25, 0.3) is 5.76 Å². The summed E-state index contributed by atoms with van der Waals surface area (Å²) in [5, 5.41) is 11.7. The Bertz CT molecular complexity index is 1150. The minimum atomic E-state index is -0.737. The molecule has 1 atom stereocenters. The molecule has 1 saturated heterocycles. The van der Waals surface area contributed by atoms with Gasteiger partial charge in [0.1, 0.15) is 11.5 Å². The van der Waals surface area contributed by atoms with Gasteiger partial charge in [-0.2, -0.15) is 0 Å². The van der Waals surface area contributed by atoms with Crippen molar-refractivity contribution < 1.29 is 19.4 Å². The molecule has 4 rings (SSSR count). The minimum Gasteiger partial charge on any atom is -0.507 e. The van der Waals surface area contributed by atoms with Crippen LogP contribution in [-0.4, -0.2) is 28.3 Å². The van der Waals surface area contributed by atoms with Gasteiger partial charge in [-0.15, -0.1) is 0 Å². The van der Waals surface area contributed by atoms with Crippen molar-refractivity contribution in [2.45, 2.75) is 19.5 Å². The second-order valence-corrected chi connectivity index (χ2v) is 7.86. The van der Waals surface area contributed by atoms with E-state index in [1.807, 2.05) is 37.3 Å². The first-order valence-corrected chi connectivity index (χ1v) is 10.7. The summed E-state index contributed by atoms with van der Waals surface area (Å²) in [6.07, 6.45) is 0. The van der Waals surface area contributed by atoms with Crippen LogP contribution in [0.4, 0.5) is 0 Å². The lowest BCUT2D eigenvalue weighted by Crippen LogP contribution is -2.29. The predicted molar refractivity (Wildman–Crippen MR) is 123 cm³/mol. The van der Waals surface area contributed by atoms with Crippen LogP contribution in [0, 0.1) is 0 Å². The van der Waals surface area contributed by atoms with Crippen molar-refractivity contribution in [1.82, 2.24) is 4.90 Å². The van der Waals surface area contributed by atoms with Crippen molar-refractivity contribution in [3.05, 3.63) is 106 Å². The number of ketones is 1. The third-order valence-electron chi connectivity index (χ3n) is 5.36. The zero-order chi connectivity index (χ0) is 22.7. The van der Waals surface area contributed by atoms with Gasteiger partial charge in [0.25, 0.3) is 11.7 Å². The van der Waals surface area contributed by atoms with Gasteiger partial charge < -0.3 is 14.7 Å². The van der Waals surface area contributed by atoms with Crippen LogP contribution in [0.2, 0.25) is 5.02 Å². The van der Waals surface area contributed by atoms with Crippen LogP contribution in [0.1, 0.15) is 29.7 Å². The molecule has 1 N–H and O–H groups in total. The SMILES string of the molecule is CCOc1ccc(/C(O)=C2\C(=O)C(=O)N(Cc3ccccc3)C2c2ccc(Cl)cc2)cc1. The standard InChI is InChI=1S/C26H22ClNO4/c1-2-32-21-14-10-19(11-15-21)24(29)22-23(18-8-12-20(27)13-9-18)28(26(31)25(22)30)16-17-6-4-3-5-7-17/h3-15,23,29H,2,16H2,1H3/b24-22+. The Balaban J connectivity index is 1.81. The van der Waals surface area contributed by atoms with Crippen molar-refractivity contribution in [2.75, 3.05) is 6.61 Å². The number of amides is 1. The fraction of sp³-hybridized carbons (Fsp3) is 0.154. The predicted octanol–water partition coefficient (Wildman–Crippen LogP) is 5.36. The maximum atomic E-state index is 13.1. The monoisotopic (exact) mass is 447 g/mol. The van der Waals surface area contributed by atoms with Gasteiger partial charge in [0.05, 0.1) is 18.2 Å². The van der Waals surface area contributed by atoms with Crippen LogP contribution in [0.5, 0.6) is 5.75 Å². The molecule has 0 spiro atoms. The fourth-order valence-electron chi connectivity index (χ4n) is 3.85. The number of benzene rings is 3. The Kier molecular flexibility index (Phi) is 6.28. The molecule has 5 nitrogen and oxygen atoms in total. The Morgan fingerprint density at radius 1 is 0.969 bits per heavy atom. The number of rotatable bonds is 6. The highest BCUT2D eigenvalue weighted by molar-refractivity contribution is 6.46. The molecule has 1 aliphatic heterocycles. The quantitative estimate of drug-likeness (QED) is 0.314. The van der Waals surface area contributed by atoms with Gasteiger partial charge in [-0.3, -0.25) is 9.59 Å². The normalized spacial score (nSPS) is 17.6.